The first-order valence-electron chi connectivity index (χ1n) is 10.9. The third-order valence-electron chi connectivity index (χ3n) is 6.83. The predicted molar refractivity (Wildman–Crippen MR) is 145 cm³/mol. The maximum absolute atomic E-state index is 12.0. The summed E-state index contributed by atoms with van der Waals surface area (Å²) in [4.78, 5) is 46.3. The number of fused-ring (bicyclic) bond motifs is 12. The van der Waals surface area contributed by atoms with Gasteiger partial charge in [-0.05, 0) is 89.4 Å². The zero-order valence-corrected chi connectivity index (χ0v) is 20.3. The molecule has 3 N–H and O–H groups in total. The van der Waals surface area contributed by atoms with E-state index in [0.717, 1.165) is 65.4 Å². The molecule has 3 aromatic heterocycles. The minimum atomic E-state index is -0.560. The maximum atomic E-state index is 12.0. The summed E-state index contributed by atoms with van der Waals surface area (Å²) in [6.45, 7) is 0. The number of H-pyrrole nitrogens is 3. The molecule has 0 aliphatic rings. The molecule has 0 amide bonds. The van der Waals surface area contributed by atoms with Crippen molar-refractivity contribution in [2.75, 3.05) is 0 Å². The molecule has 0 aliphatic carbocycles. The smallest absolute Gasteiger partial charge is 0.252 e. The van der Waals surface area contributed by atoms with Crippen molar-refractivity contribution in [1.82, 2.24) is 15.0 Å². The highest BCUT2D eigenvalue weighted by Crippen LogP contribution is 2.44. The molecule has 4 aromatic carbocycles. The SMILES string of the molecule is O=C(Cl)c1ccc2[nH]c3c4[nH]c5ccc(C(=O)Cl)cc5c4c4c5cc(C(=O)Cl)ccc5[nH]c4c3c2c1. The van der Waals surface area contributed by atoms with Crippen molar-refractivity contribution >= 4 is 116 Å². The topological polar surface area (TPSA) is 98.6 Å². The number of carbonyl (C=O) groups is 3. The van der Waals surface area contributed by atoms with Crippen molar-refractivity contribution < 1.29 is 14.4 Å². The quantitative estimate of drug-likeness (QED) is 0.203. The van der Waals surface area contributed by atoms with Crippen molar-refractivity contribution in [3.05, 3.63) is 71.3 Å². The van der Waals surface area contributed by atoms with Crippen molar-refractivity contribution in [3.63, 3.8) is 0 Å². The van der Waals surface area contributed by atoms with Gasteiger partial charge < -0.3 is 15.0 Å². The normalized spacial score (nSPS) is 12.1. The average molecular weight is 533 g/mol. The Labute approximate surface area is 216 Å². The van der Waals surface area contributed by atoms with Gasteiger partial charge in [-0.15, -0.1) is 0 Å². The number of hydrogen-bond donors (Lipinski definition) is 3. The first-order valence-corrected chi connectivity index (χ1v) is 12.0. The number of aromatic amines is 3. The minimum absolute atomic E-state index is 0.365. The molecule has 0 radical (unpaired) electrons. The van der Waals surface area contributed by atoms with Gasteiger partial charge in [0.25, 0.3) is 15.7 Å². The number of rotatable bonds is 3. The van der Waals surface area contributed by atoms with Gasteiger partial charge in [0.05, 0.1) is 16.6 Å². The van der Waals surface area contributed by atoms with Gasteiger partial charge in [0.1, 0.15) is 0 Å². The van der Waals surface area contributed by atoms with Gasteiger partial charge >= 0.3 is 0 Å². The molecule has 7 aromatic rings. The summed E-state index contributed by atoms with van der Waals surface area (Å²) in [5.41, 5.74) is 6.00. The molecule has 9 heteroatoms. The van der Waals surface area contributed by atoms with Gasteiger partial charge in [0, 0.05) is 65.6 Å². The lowest BCUT2D eigenvalue weighted by Crippen LogP contribution is -1.87. The standard InChI is InChI=1S/C27H12Cl3N3O3/c28-25(34)10-1-4-16-13(7-10)19-20-14-8-11(26(29)35)2-5-17(14)32-23(20)24-21(22(19)31-16)15-9-12(27(30)36)3-6-18(15)33-24/h1-9,31-33H. The molecule has 0 fully saturated rings. The van der Waals surface area contributed by atoms with Crippen molar-refractivity contribution in [3.8, 4) is 0 Å². The van der Waals surface area contributed by atoms with Gasteiger partial charge in [-0.2, -0.15) is 0 Å². The molecule has 3 heterocycles. The Balaban J connectivity index is 1.80. The van der Waals surface area contributed by atoms with Gasteiger partial charge in [0.2, 0.25) is 0 Å². The molecule has 174 valence electrons. The fourth-order valence-corrected chi connectivity index (χ4v) is 5.64. The van der Waals surface area contributed by atoms with E-state index in [-0.39, 0.29) is 0 Å². The Hall–Kier alpha value is -3.84. The highest BCUT2D eigenvalue weighted by molar-refractivity contribution is 6.68. The van der Waals surface area contributed by atoms with Crippen LogP contribution in [0.5, 0.6) is 0 Å². The summed E-state index contributed by atoms with van der Waals surface area (Å²) in [5.74, 6) is 0. The molecule has 7 rings (SSSR count). The Kier molecular flexibility index (Phi) is 4.37. The van der Waals surface area contributed by atoms with Crippen LogP contribution in [0.3, 0.4) is 0 Å². The van der Waals surface area contributed by atoms with Crippen LogP contribution in [0, 0.1) is 0 Å². The van der Waals surface area contributed by atoms with E-state index in [2.05, 4.69) is 15.0 Å². The van der Waals surface area contributed by atoms with E-state index in [4.69, 9.17) is 34.8 Å². The Morgan fingerprint density at radius 3 is 1.22 bits per heavy atom. The Morgan fingerprint density at radius 2 is 0.806 bits per heavy atom. The van der Waals surface area contributed by atoms with Crippen LogP contribution in [0.1, 0.15) is 31.1 Å². The van der Waals surface area contributed by atoms with Crippen molar-refractivity contribution in [1.29, 1.82) is 0 Å². The lowest BCUT2D eigenvalue weighted by molar-refractivity contribution is 0.107. The molecule has 0 saturated carbocycles. The second-order valence-electron chi connectivity index (χ2n) is 8.73. The zero-order chi connectivity index (χ0) is 24.9. The number of aromatic nitrogens is 3. The Bertz CT molecular complexity index is 2150. The molecule has 0 unspecified atom stereocenters. The van der Waals surface area contributed by atoms with E-state index >= 15 is 0 Å². The van der Waals surface area contributed by atoms with Gasteiger partial charge in [-0.25, -0.2) is 0 Å². The molecule has 36 heavy (non-hydrogen) atoms. The number of hydrogen-bond acceptors (Lipinski definition) is 3. The van der Waals surface area contributed by atoms with Crippen LogP contribution in [0.15, 0.2) is 54.6 Å². The van der Waals surface area contributed by atoms with Crippen LogP contribution in [-0.4, -0.2) is 30.7 Å². The lowest BCUT2D eigenvalue weighted by atomic mass is 9.99. The van der Waals surface area contributed by atoms with Crippen LogP contribution < -0.4 is 0 Å². The molecular weight excluding hydrogens is 521 g/mol. The van der Waals surface area contributed by atoms with E-state index in [1.807, 2.05) is 18.2 Å². The van der Waals surface area contributed by atoms with Crippen molar-refractivity contribution in [2.45, 2.75) is 0 Å². The van der Waals surface area contributed by atoms with Crippen LogP contribution in [0.25, 0.3) is 65.4 Å². The van der Waals surface area contributed by atoms with Crippen LogP contribution in [0.2, 0.25) is 0 Å². The van der Waals surface area contributed by atoms with Crippen LogP contribution in [0.4, 0.5) is 0 Å². The van der Waals surface area contributed by atoms with Gasteiger partial charge in [-0.1, -0.05) is 0 Å². The van der Waals surface area contributed by atoms with E-state index in [1.54, 1.807) is 36.4 Å². The monoisotopic (exact) mass is 531 g/mol. The van der Waals surface area contributed by atoms with E-state index < -0.39 is 15.7 Å². The fourth-order valence-electron chi connectivity index (χ4n) is 5.28. The highest BCUT2D eigenvalue weighted by atomic mass is 35.5. The zero-order valence-electron chi connectivity index (χ0n) is 18.1. The van der Waals surface area contributed by atoms with Crippen LogP contribution >= 0.6 is 34.8 Å². The third-order valence-corrected chi connectivity index (χ3v) is 7.48. The summed E-state index contributed by atoms with van der Waals surface area (Å²) >= 11 is 17.4. The minimum Gasteiger partial charge on any atom is -0.354 e. The second-order valence-corrected chi connectivity index (χ2v) is 9.76. The van der Waals surface area contributed by atoms with E-state index in [1.165, 1.54) is 0 Å². The lowest BCUT2D eigenvalue weighted by Gasteiger charge is -2.02. The first kappa shape index (κ1) is 21.4. The number of nitrogens with one attached hydrogen (secondary N) is 3. The summed E-state index contributed by atoms with van der Waals surface area (Å²) in [6.07, 6.45) is 0. The summed E-state index contributed by atoms with van der Waals surface area (Å²) in [6, 6.07) is 15.7. The Morgan fingerprint density at radius 1 is 0.472 bits per heavy atom. The highest BCUT2D eigenvalue weighted by Gasteiger charge is 2.22. The number of benzene rings is 4. The number of carbonyl (C=O) groups excluding carboxylic acids is 3. The molecule has 0 spiro atoms. The molecular formula is C27H12Cl3N3O3. The second kappa shape index (κ2) is 7.34. The predicted octanol–water partition coefficient (Wildman–Crippen LogP) is 7.73. The van der Waals surface area contributed by atoms with Crippen LogP contribution in [-0.2, 0) is 0 Å². The van der Waals surface area contributed by atoms with E-state index in [9.17, 15) is 14.4 Å². The summed E-state index contributed by atoms with van der Waals surface area (Å²) in [5, 5.41) is 3.33. The molecule has 0 bridgehead atoms. The first-order chi connectivity index (χ1) is 17.3. The van der Waals surface area contributed by atoms with Gasteiger partial charge in [-0.3, -0.25) is 14.4 Å². The average Bonchev–Trinajstić information content (AvgIpc) is 3.53. The molecule has 0 atom stereocenters. The third kappa shape index (κ3) is 2.83. The maximum Gasteiger partial charge on any atom is 0.252 e. The molecule has 6 nitrogen and oxygen atoms in total. The molecule has 0 saturated heterocycles. The number of halogens is 3. The molecule has 0 aliphatic heterocycles. The van der Waals surface area contributed by atoms with Gasteiger partial charge in [0.15, 0.2) is 0 Å². The van der Waals surface area contributed by atoms with E-state index in [0.29, 0.717) is 16.7 Å². The van der Waals surface area contributed by atoms with Crippen molar-refractivity contribution in [2.24, 2.45) is 0 Å². The summed E-state index contributed by atoms with van der Waals surface area (Å²) < 4.78 is 0. The fraction of sp³-hybridized carbons (Fsp3) is 0. The summed E-state index contributed by atoms with van der Waals surface area (Å²) in [7, 11) is 0. The largest absolute Gasteiger partial charge is 0.354 e.